The van der Waals surface area contributed by atoms with Crippen LogP contribution in [0.1, 0.15) is 49.9 Å². The summed E-state index contributed by atoms with van der Waals surface area (Å²) in [5.74, 6) is -0.0825. The van der Waals surface area contributed by atoms with Crippen LogP contribution in [0.2, 0.25) is 0 Å². The van der Waals surface area contributed by atoms with E-state index in [1.165, 1.54) is 0 Å². The molecule has 1 atom stereocenters. The molecule has 2 rings (SSSR count). The molecule has 1 heterocycles. The van der Waals surface area contributed by atoms with Crippen molar-refractivity contribution >= 4 is 17.0 Å². The van der Waals surface area contributed by atoms with Crippen LogP contribution in [-0.4, -0.2) is 34.3 Å². The third-order valence-electron chi connectivity index (χ3n) is 3.47. The van der Waals surface area contributed by atoms with Crippen molar-refractivity contribution in [2.45, 2.75) is 39.2 Å². The Hall–Kier alpha value is -1.88. The first-order valence-corrected chi connectivity index (χ1v) is 7.01. The standard InChI is InChI=1S/C16H22N2O3/c1-10(9-21-5)18-12-8-6-7-11(14(19)20)13(12)17-15(18)16(2,3)4/h6-8,10H,9H2,1-5H3,(H,19,20). The maximum absolute atomic E-state index is 11.4. The molecule has 0 aliphatic rings. The number of aromatic nitrogens is 2. The van der Waals surface area contributed by atoms with Crippen LogP contribution in [0.25, 0.3) is 11.0 Å². The molecule has 1 aromatic carbocycles. The van der Waals surface area contributed by atoms with E-state index < -0.39 is 5.97 Å². The molecular weight excluding hydrogens is 268 g/mol. The quantitative estimate of drug-likeness (QED) is 0.939. The highest BCUT2D eigenvalue weighted by Gasteiger charge is 2.27. The summed E-state index contributed by atoms with van der Waals surface area (Å²) in [4.78, 5) is 16.0. The number of rotatable bonds is 4. The Balaban J connectivity index is 2.79. The molecule has 0 radical (unpaired) electrons. The van der Waals surface area contributed by atoms with Crippen LogP contribution in [-0.2, 0) is 10.2 Å². The van der Waals surface area contributed by atoms with Gasteiger partial charge in [0.05, 0.1) is 23.7 Å². The zero-order chi connectivity index (χ0) is 15.8. The van der Waals surface area contributed by atoms with Crippen LogP contribution in [0.5, 0.6) is 0 Å². The summed E-state index contributed by atoms with van der Waals surface area (Å²) < 4.78 is 7.35. The predicted molar refractivity (Wildman–Crippen MR) is 82.0 cm³/mol. The molecule has 5 nitrogen and oxygen atoms in total. The number of fused-ring (bicyclic) bond motifs is 1. The molecule has 0 spiro atoms. The Morgan fingerprint density at radius 1 is 1.43 bits per heavy atom. The summed E-state index contributed by atoms with van der Waals surface area (Å²) in [5.41, 5.74) is 1.43. The minimum absolute atomic E-state index is 0.0817. The van der Waals surface area contributed by atoms with Crippen LogP contribution < -0.4 is 0 Å². The van der Waals surface area contributed by atoms with Crippen LogP contribution in [0, 0.1) is 0 Å². The van der Waals surface area contributed by atoms with Gasteiger partial charge in [0.15, 0.2) is 0 Å². The van der Waals surface area contributed by atoms with Crippen molar-refractivity contribution in [2.75, 3.05) is 13.7 Å². The second-order valence-electron chi connectivity index (χ2n) is 6.34. The van der Waals surface area contributed by atoms with E-state index in [4.69, 9.17) is 4.74 Å². The molecule has 0 fully saturated rings. The molecule has 2 aromatic rings. The summed E-state index contributed by atoms with van der Waals surface area (Å²) in [5, 5.41) is 9.35. The van der Waals surface area contributed by atoms with E-state index in [0.717, 1.165) is 11.3 Å². The molecular formula is C16H22N2O3. The normalized spacial score (nSPS) is 13.6. The SMILES string of the molecule is COCC(C)n1c(C(C)(C)C)nc2c(C(=O)O)cccc21. The molecule has 5 heteroatoms. The van der Waals surface area contributed by atoms with Gasteiger partial charge in [0.2, 0.25) is 0 Å². The Morgan fingerprint density at radius 2 is 2.10 bits per heavy atom. The van der Waals surface area contributed by atoms with Gasteiger partial charge in [0.25, 0.3) is 0 Å². The molecule has 0 bridgehead atoms. The number of imidazole rings is 1. The van der Waals surface area contributed by atoms with Crippen LogP contribution in [0.4, 0.5) is 0 Å². The zero-order valence-electron chi connectivity index (χ0n) is 13.2. The van der Waals surface area contributed by atoms with Gasteiger partial charge in [-0.3, -0.25) is 0 Å². The molecule has 0 aliphatic carbocycles. The first-order chi connectivity index (χ1) is 9.77. The minimum Gasteiger partial charge on any atom is -0.478 e. The van der Waals surface area contributed by atoms with Gasteiger partial charge in [-0.25, -0.2) is 9.78 Å². The fourth-order valence-corrected chi connectivity index (χ4v) is 2.58. The van der Waals surface area contributed by atoms with E-state index in [2.05, 4.69) is 30.3 Å². The number of carboxylic acids is 1. The lowest BCUT2D eigenvalue weighted by molar-refractivity contribution is 0.0699. The number of aromatic carboxylic acids is 1. The number of para-hydroxylation sites is 1. The third kappa shape index (κ3) is 2.78. The van der Waals surface area contributed by atoms with E-state index in [0.29, 0.717) is 12.1 Å². The summed E-state index contributed by atoms with van der Waals surface area (Å²) in [6.07, 6.45) is 0. The zero-order valence-corrected chi connectivity index (χ0v) is 13.2. The van der Waals surface area contributed by atoms with Gasteiger partial charge in [-0.1, -0.05) is 26.8 Å². The molecule has 1 N–H and O–H groups in total. The maximum atomic E-state index is 11.4. The smallest absolute Gasteiger partial charge is 0.337 e. The Kier molecular flexibility index (Phi) is 4.05. The van der Waals surface area contributed by atoms with Crippen molar-refractivity contribution in [1.29, 1.82) is 0 Å². The summed E-state index contributed by atoms with van der Waals surface area (Å²) >= 11 is 0. The lowest BCUT2D eigenvalue weighted by atomic mass is 9.95. The van der Waals surface area contributed by atoms with E-state index in [-0.39, 0.29) is 17.0 Å². The van der Waals surface area contributed by atoms with E-state index in [1.54, 1.807) is 19.2 Å². The summed E-state index contributed by atoms with van der Waals surface area (Å²) in [7, 11) is 1.66. The average Bonchev–Trinajstić information content (AvgIpc) is 2.77. The molecule has 114 valence electrons. The molecule has 0 amide bonds. The number of hydrogen-bond donors (Lipinski definition) is 1. The monoisotopic (exact) mass is 290 g/mol. The first kappa shape index (κ1) is 15.5. The van der Waals surface area contributed by atoms with Crippen molar-refractivity contribution < 1.29 is 14.6 Å². The first-order valence-electron chi connectivity index (χ1n) is 7.01. The average molecular weight is 290 g/mol. The number of methoxy groups -OCH3 is 1. The van der Waals surface area contributed by atoms with Gasteiger partial charge in [-0.15, -0.1) is 0 Å². The summed E-state index contributed by atoms with van der Waals surface area (Å²) in [6.45, 7) is 8.82. The van der Waals surface area contributed by atoms with E-state index in [1.807, 2.05) is 13.0 Å². The van der Waals surface area contributed by atoms with Gasteiger partial charge in [-0.05, 0) is 19.1 Å². The van der Waals surface area contributed by atoms with Gasteiger partial charge < -0.3 is 14.4 Å². The summed E-state index contributed by atoms with van der Waals surface area (Å²) in [6, 6.07) is 5.35. The van der Waals surface area contributed by atoms with E-state index >= 15 is 0 Å². The second-order valence-corrected chi connectivity index (χ2v) is 6.34. The Labute approximate surface area is 124 Å². The second kappa shape index (κ2) is 5.48. The molecule has 21 heavy (non-hydrogen) atoms. The number of carbonyl (C=O) groups is 1. The van der Waals surface area contributed by atoms with Crippen LogP contribution in [0.15, 0.2) is 18.2 Å². The number of carboxylic acid groups (broad SMARTS) is 1. The van der Waals surface area contributed by atoms with E-state index in [9.17, 15) is 9.90 Å². The lowest BCUT2D eigenvalue weighted by Gasteiger charge is -2.24. The van der Waals surface area contributed by atoms with Gasteiger partial charge >= 0.3 is 5.97 Å². The van der Waals surface area contributed by atoms with Crippen LogP contribution in [0.3, 0.4) is 0 Å². The van der Waals surface area contributed by atoms with Crippen LogP contribution >= 0.6 is 0 Å². The highest BCUT2D eigenvalue weighted by Crippen LogP contribution is 2.31. The lowest BCUT2D eigenvalue weighted by Crippen LogP contribution is -2.23. The highest BCUT2D eigenvalue weighted by molar-refractivity contribution is 6.01. The van der Waals surface area contributed by atoms with Crippen molar-refractivity contribution in [2.24, 2.45) is 0 Å². The molecule has 1 aromatic heterocycles. The van der Waals surface area contributed by atoms with Gasteiger partial charge in [-0.2, -0.15) is 0 Å². The van der Waals surface area contributed by atoms with Crippen molar-refractivity contribution in [3.8, 4) is 0 Å². The molecule has 0 aliphatic heterocycles. The Morgan fingerprint density at radius 3 is 2.62 bits per heavy atom. The topological polar surface area (TPSA) is 64.4 Å². The highest BCUT2D eigenvalue weighted by atomic mass is 16.5. The Bertz CT molecular complexity index is 668. The predicted octanol–water partition coefficient (Wildman–Crippen LogP) is 3.24. The fourth-order valence-electron chi connectivity index (χ4n) is 2.58. The van der Waals surface area contributed by atoms with Gasteiger partial charge in [0, 0.05) is 12.5 Å². The van der Waals surface area contributed by atoms with Crippen molar-refractivity contribution in [1.82, 2.24) is 9.55 Å². The number of nitrogens with zero attached hydrogens (tertiary/aromatic N) is 2. The molecule has 0 saturated carbocycles. The number of ether oxygens (including phenoxy) is 1. The molecule has 0 saturated heterocycles. The largest absolute Gasteiger partial charge is 0.478 e. The van der Waals surface area contributed by atoms with Crippen molar-refractivity contribution in [3.63, 3.8) is 0 Å². The number of benzene rings is 1. The molecule has 1 unspecified atom stereocenters. The minimum atomic E-state index is -0.954. The maximum Gasteiger partial charge on any atom is 0.337 e. The third-order valence-corrected chi connectivity index (χ3v) is 3.47. The number of hydrogen-bond acceptors (Lipinski definition) is 3. The fraction of sp³-hybridized carbons (Fsp3) is 0.500. The van der Waals surface area contributed by atoms with Crippen molar-refractivity contribution in [3.05, 3.63) is 29.6 Å². The van der Waals surface area contributed by atoms with Gasteiger partial charge in [0.1, 0.15) is 11.3 Å².